The zero-order chi connectivity index (χ0) is 20.1. The van der Waals surface area contributed by atoms with Crippen molar-refractivity contribution in [3.05, 3.63) is 93.3 Å². The number of hydrogen-bond acceptors (Lipinski definition) is 4. The van der Waals surface area contributed by atoms with Crippen LogP contribution in [-0.4, -0.2) is 25.5 Å². The van der Waals surface area contributed by atoms with E-state index < -0.39 is 4.92 Å². The summed E-state index contributed by atoms with van der Waals surface area (Å²) in [6, 6.07) is 19.5. The van der Waals surface area contributed by atoms with Gasteiger partial charge in [-0.05, 0) is 25.0 Å². The SMILES string of the molecule is Cc1nn(CC(=O)N(Cc2ccccc2)Cc2ccccc2)c(C)c1[N+](=O)[O-]. The third-order valence-electron chi connectivity index (χ3n) is 4.60. The Bertz CT molecular complexity index is 927. The van der Waals surface area contributed by atoms with E-state index in [-0.39, 0.29) is 18.1 Å². The molecule has 7 nitrogen and oxygen atoms in total. The quantitative estimate of drug-likeness (QED) is 0.464. The molecule has 0 aliphatic rings. The Hall–Kier alpha value is -3.48. The van der Waals surface area contributed by atoms with Crippen LogP contribution < -0.4 is 0 Å². The van der Waals surface area contributed by atoms with Crippen molar-refractivity contribution >= 4 is 11.6 Å². The number of rotatable bonds is 7. The predicted octanol–water partition coefficient (Wildman–Crippen LogP) is 3.64. The average Bonchev–Trinajstić information content (AvgIpc) is 2.96. The zero-order valence-electron chi connectivity index (χ0n) is 15.9. The maximum absolute atomic E-state index is 13.1. The lowest BCUT2D eigenvalue weighted by Crippen LogP contribution is -2.33. The van der Waals surface area contributed by atoms with Gasteiger partial charge in [-0.2, -0.15) is 5.10 Å². The van der Waals surface area contributed by atoms with Crippen LogP contribution in [0.25, 0.3) is 0 Å². The highest BCUT2D eigenvalue weighted by Crippen LogP contribution is 2.22. The van der Waals surface area contributed by atoms with Gasteiger partial charge in [0.05, 0.1) is 4.92 Å². The Balaban J connectivity index is 1.84. The van der Waals surface area contributed by atoms with Crippen LogP contribution in [0.1, 0.15) is 22.5 Å². The van der Waals surface area contributed by atoms with E-state index >= 15 is 0 Å². The van der Waals surface area contributed by atoms with Crippen LogP contribution in [0.3, 0.4) is 0 Å². The topological polar surface area (TPSA) is 81.3 Å². The molecule has 0 saturated heterocycles. The Morgan fingerprint density at radius 2 is 1.50 bits per heavy atom. The van der Waals surface area contributed by atoms with Gasteiger partial charge in [0.15, 0.2) is 0 Å². The van der Waals surface area contributed by atoms with Crippen LogP contribution in [0.2, 0.25) is 0 Å². The molecule has 0 bridgehead atoms. The van der Waals surface area contributed by atoms with E-state index in [1.165, 1.54) is 4.68 Å². The average molecular weight is 378 g/mol. The first kappa shape index (κ1) is 19.3. The Morgan fingerprint density at radius 1 is 1.00 bits per heavy atom. The van der Waals surface area contributed by atoms with E-state index in [1.807, 2.05) is 60.7 Å². The summed E-state index contributed by atoms with van der Waals surface area (Å²) in [4.78, 5) is 25.6. The highest BCUT2D eigenvalue weighted by atomic mass is 16.6. The lowest BCUT2D eigenvalue weighted by atomic mass is 10.1. The minimum absolute atomic E-state index is 0.0366. The molecular weight excluding hydrogens is 356 g/mol. The lowest BCUT2D eigenvalue weighted by molar-refractivity contribution is -0.386. The second kappa shape index (κ2) is 8.47. The summed E-state index contributed by atoms with van der Waals surface area (Å²) in [5, 5.41) is 15.4. The largest absolute Gasteiger partial charge is 0.332 e. The molecular formula is C21H22N4O3. The van der Waals surface area contributed by atoms with Crippen molar-refractivity contribution in [3.8, 4) is 0 Å². The molecule has 0 atom stereocenters. The summed E-state index contributed by atoms with van der Waals surface area (Å²) in [7, 11) is 0. The Labute approximate surface area is 163 Å². The number of carbonyl (C=O) groups is 1. The summed E-state index contributed by atoms with van der Waals surface area (Å²) in [5.74, 6) is -0.145. The molecule has 1 heterocycles. The maximum Gasteiger partial charge on any atom is 0.312 e. The van der Waals surface area contributed by atoms with Crippen molar-refractivity contribution in [1.29, 1.82) is 0 Å². The smallest absolute Gasteiger partial charge is 0.312 e. The minimum Gasteiger partial charge on any atom is -0.332 e. The molecule has 0 unspecified atom stereocenters. The number of aryl methyl sites for hydroxylation is 1. The zero-order valence-corrected chi connectivity index (χ0v) is 15.9. The summed E-state index contributed by atoms with van der Waals surface area (Å²) in [6.07, 6.45) is 0. The van der Waals surface area contributed by atoms with E-state index in [0.717, 1.165) is 11.1 Å². The van der Waals surface area contributed by atoms with E-state index in [9.17, 15) is 14.9 Å². The fourth-order valence-corrected chi connectivity index (χ4v) is 3.17. The molecule has 7 heteroatoms. The predicted molar refractivity (Wildman–Crippen MR) is 105 cm³/mol. The molecule has 3 aromatic rings. The molecule has 0 aliphatic carbocycles. The van der Waals surface area contributed by atoms with E-state index in [4.69, 9.17) is 0 Å². The van der Waals surface area contributed by atoms with Gasteiger partial charge >= 0.3 is 5.69 Å². The fraction of sp³-hybridized carbons (Fsp3) is 0.238. The molecule has 0 fully saturated rings. The Morgan fingerprint density at radius 3 is 1.93 bits per heavy atom. The highest BCUT2D eigenvalue weighted by molar-refractivity contribution is 5.76. The molecule has 3 rings (SSSR count). The second-order valence-corrected chi connectivity index (χ2v) is 6.66. The number of amides is 1. The second-order valence-electron chi connectivity index (χ2n) is 6.66. The third-order valence-corrected chi connectivity index (χ3v) is 4.60. The summed E-state index contributed by atoms with van der Waals surface area (Å²) in [5.41, 5.74) is 2.70. The molecule has 0 aliphatic heterocycles. The van der Waals surface area contributed by atoms with Crippen molar-refractivity contribution in [2.45, 2.75) is 33.5 Å². The Kier molecular flexibility index (Phi) is 5.84. The number of carbonyl (C=O) groups excluding carboxylic acids is 1. The molecule has 0 saturated carbocycles. The van der Waals surface area contributed by atoms with E-state index in [1.54, 1.807) is 18.7 Å². The van der Waals surface area contributed by atoms with Crippen LogP contribution in [0, 0.1) is 24.0 Å². The van der Waals surface area contributed by atoms with Gasteiger partial charge in [-0.1, -0.05) is 60.7 Å². The molecule has 1 amide bonds. The molecule has 1 aromatic heterocycles. The van der Waals surface area contributed by atoms with Gasteiger partial charge in [-0.15, -0.1) is 0 Å². The van der Waals surface area contributed by atoms with Crippen LogP contribution in [0.5, 0.6) is 0 Å². The lowest BCUT2D eigenvalue weighted by Gasteiger charge is -2.23. The molecule has 144 valence electrons. The van der Waals surface area contributed by atoms with Crippen molar-refractivity contribution in [2.24, 2.45) is 0 Å². The van der Waals surface area contributed by atoms with Gasteiger partial charge in [0, 0.05) is 13.1 Å². The number of benzene rings is 2. The van der Waals surface area contributed by atoms with Crippen molar-refractivity contribution < 1.29 is 9.72 Å². The number of nitro groups is 1. The van der Waals surface area contributed by atoms with Crippen molar-refractivity contribution in [1.82, 2.24) is 14.7 Å². The molecule has 0 radical (unpaired) electrons. The summed E-state index contributed by atoms with van der Waals surface area (Å²) < 4.78 is 1.42. The van der Waals surface area contributed by atoms with Gasteiger partial charge in [-0.3, -0.25) is 19.6 Å². The molecule has 28 heavy (non-hydrogen) atoms. The number of nitrogens with zero attached hydrogens (tertiary/aromatic N) is 4. The first-order valence-corrected chi connectivity index (χ1v) is 8.99. The molecule has 0 spiro atoms. The first-order valence-electron chi connectivity index (χ1n) is 8.99. The van der Waals surface area contributed by atoms with Crippen LogP contribution in [0.15, 0.2) is 60.7 Å². The van der Waals surface area contributed by atoms with E-state index in [0.29, 0.717) is 24.5 Å². The molecule has 0 N–H and O–H groups in total. The van der Waals surface area contributed by atoms with Gasteiger partial charge in [0.2, 0.25) is 5.91 Å². The van der Waals surface area contributed by atoms with Gasteiger partial charge in [0.25, 0.3) is 0 Å². The van der Waals surface area contributed by atoms with Crippen molar-refractivity contribution in [2.75, 3.05) is 0 Å². The fourth-order valence-electron chi connectivity index (χ4n) is 3.17. The standard InChI is InChI=1S/C21H22N4O3/c1-16-21(25(27)28)17(2)24(22-16)15-20(26)23(13-18-9-5-3-6-10-18)14-19-11-7-4-8-12-19/h3-12H,13-15H2,1-2H3. The highest BCUT2D eigenvalue weighted by Gasteiger charge is 2.24. The summed E-state index contributed by atoms with van der Waals surface area (Å²) in [6.45, 7) is 4.06. The monoisotopic (exact) mass is 378 g/mol. The molecule has 2 aromatic carbocycles. The van der Waals surface area contributed by atoms with Crippen LogP contribution >= 0.6 is 0 Å². The van der Waals surface area contributed by atoms with Crippen molar-refractivity contribution in [3.63, 3.8) is 0 Å². The maximum atomic E-state index is 13.1. The van der Waals surface area contributed by atoms with E-state index in [2.05, 4.69) is 5.10 Å². The third kappa shape index (κ3) is 4.43. The minimum atomic E-state index is -0.454. The normalized spacial score (nSPS) is 10.6. The first-order chi connectivity index (χ1) is 13.5. The van der Waals surface area contributed by atoms with Crippen LogP contribution in [0.4, 0.5) is 5.69 Å². The number of hydrogen-bond donors (Lipinski definition) is 0. The van der Waals surface area contributed by atoms with Gasteiger partial charge in [-0.25, -0.2) is 0 Å². The summed E-state index contributed by atoms with van der Waals surface area (Å²) >= 11 is 0. The van der Waals surface area contributed by atoms with Gasteiger partial charge in [0.1, 0.15) is 17.9 Å². The number of aromatic nitrogens is 2. The van der Waals surface area contributed by atoms with Crippen LogP contribution in [-0.2, 0) is 24.4 Å². The van der Waals surface area contributed by atoms with Gasteiger partial charge < -0.3 is 4.90 Å².